The number of ether oxygens (including phenoxy) is 5. The predicted octanol–water partition coefficient (Wildman–Crippen LogP) is -1.03. The minimum atomic E-state index is -0.109. The summed E-state index contributed by atoms with van der Waals surface area (Å²) in [6.07, 6.45) is -0.252. The molecule has 0 aromatic rings. The highest BCUT2D eigenvalue weighted by Crippen LogP contribution is 2.25. The van der Waals surface area contributed by atoms with Crippen LogP contribution in [0.5, 0.6) is 0 Å². The van der Waals surface area contributed by atoms with Gasteiger partial charge in [-0.25, -0.2) is 0 Å². The first-order valence-corrected chi connectivity index (χ1v) is 6.99. The minimum absolute atomic E-state index is 0.0167. The fourth-order valence-corrected chi connectivity index (χ4v) is 2.54. The summed E-state index contributed by atoms with van der Waals surface area (Å²) in [5.41, 5.74) is 0. The molecule has 0 amide bonds. The molecule has 6 nitrogen and oxygen atoms in total. The maximum atomic E-state index is 5.99. The second-order valence-corrected chi connectivity index (χ2v) is 5.45. The maximum Gasteiger partial charge on any atom is 0.142 e. The van der Waals surface area contributed by atoms with E-state index < -0.39 is 0 Å². The molecule has 1 unspecified atom stereocenters. The molecule has 1 aliphatic rings. The second-order valence-electron chi connectivity index (χ2n) is 5.45. The number of rotatable bonds is 9. The molecule has 0 aliphatic carbocycles. The van der Waals surface area contributed by atoms with E-state index >= 15 is 0 Å². The summed E-state index contributed by atoms with van der Waals surface area (Å²) in [5.74, 6) is 0. The van der Waals surface area contributed by atoms with Crippen molar-refractivity contribution in [1.29, 1.82) is 0 Å². The van der Waals surface area contributed by atoms with Gasteiger partial charge in [0.2, 0.25) is 0 Å². The molecule has 5 atom stereocenters. The van der Waals surface area contributed by atoms with Crippen molar-refractivity contribution < 1.29 is 23.7 Å². The lowest BCUT2D eigenvalue weighted by Crippen LogP contribution is -2.41. The molecule has 1 saturated heterocycles. The van der Waals surface area contributed by atoms with E-state index in [4.69, 9.17) is 23.7 Å². The predicted molar refractivity (Wildman–Crippen MR) is 79.0 cm³/mol. The van der Waals surface area contributed by atoms with Gasteiger partial charge in [-0.1, -0.05) is 0 Å². The monoisotopic (exact) mass is 289 g/mol. The average Bonchev–Trinajstić information content (AvgIpc) is 2.70. The van der Waals surface area contributed by atoms with Gasteiger partial charge >= 0.3 is 0 Å². The molecule has 7 heteroatoms. The third-order valence-electron chi connectivity index (χ3n) is 3.52. The summed E-state index contributed by atoms with van der Waals surface area (Å²) >= 11 is 0. The first-order valence-electron chi connectivity index (χ1n) is 6.99. The number of hydrogen-bond acceptors (Lipinski definition) is 6. The normalized spacial score (nSPS) is 31.9. The second kappa shape index (κ2) is 8.97. The zero-order chi connectivity index (χ0) is 15.1. The molecule has 0 bridgehead atoms. The fraction of sp³-hybridized carbons (Fsp3) is 1.00. The van der Waals surface area contributed by atoms with Crippen molar-refractivity contribution in [3.63, 3.8) is 0 Å². The van der Waals surface area contributed by atoms with Gasteiger partial charge < -0.3 is 28.6 Å². The molecule has 0 spiro atoms. The first kappa shape index (κ1) is 17.9. The Kier molecular flexibility index (Phi) is 8.02. The van der Waals surface area contributed by atoms with Crippen molar-refractivity contribution in [3.8, 4) is 0 Å². The molecule has 20 heavy (non-hydrogen) atoms. The van der Waals surface area contributed by atoms with Crippen LogP contribution in [0.3, 0.4) is 0 Å². The van der Waals surface area contributed by atoms with Crippen LogP contribution in [-0.4, -0.2) is 98.3 Å². The third kappa shape index (κ3) is 4.98. The zero-order valence-electron chi connectivity index (χ0n) is 13.5. The van der Waals surface area contributed by atoms with Gasteiger partial charge in [0, 0.05) is 27.9 Å². The Morgan fingerprint density at radius 1 is 1.20 bits per heavy atom. The SMILES string of the molecule is B[C@@H]1O[C@H](COC)C(OC)[C@@H]1OC[C@@H](CN(C)C)OC. The highest BCUT2D eigenvalue weighted by Gasteiger charge is 2.43. The van der Waals surface area contributed by atoms with Gasteiger partial charge in [0.1, 0.15) is 26.2 Å². The largest absolute Gasteiger partial charge is 0.382 e. The van der Waals surface area contributed by atoms with Crippen LogP contribution in [0.15, 0.2) is 0 Å². The van der Waals surface area contributed by atoms with Crippen molar-refractivity contribution in [2.24, 2.45) is 0 Å². The number of hydrogen-bond donors (Lipinski definition) is 0. The van der Waals surface area contributed by atoms with Crippen LogP contribution >= 0.6 is 0 Å². The fourth-order valence-electron chi connectivity index (χ4n) is 2.54. The van der Waals surface area contributed by atoms with E-state index in [1.807, 2.05) is 21.9 Å². The zero-order valence-corrected chi connectivity index (χ0v) is 13.5. The smallest absolute Gasteiger partial charge is 0.142 e. The summed E-state index contributed by atoms with van der Waals surface area (Å²) < 4.78 is 27.9. The van der Waals surface area contributed by atoms with E-state index in [1.54, 1.807) is 21.3 Å². The molecule has 1 rings (SSSR count). The Morgan fingerprint density at radius 3 is 2.40 bits per heavy atom. The first-order chi connectivity index (χ1) is 9.53. The van der Waals surface area contributed by atoms with Crippen molar-refractivity contribution in [1.82, 2.24) is 4.90 Å². The topological polar surface area (TPSA) is 49.4 Å². The lowest BCUT2D eigenvalue weighted by molar-refractivity contribution is -0.0818. The van der Waals surface area contributed by atoms with E-state index in [0.29, 0.717) is 13.2 Å². The molecule has 0 aromatic carbocycles. The molecule has 0 N–H and O–H groups in total. The minimum Gasteiger partial charge on any atom is -0.382 e. The molecule has 0 saturated carbocycles. The molecular weight excluding hydrogens is 261 g/mol. The molecule has 1 heterocycles. The van der Waals surface area contributed by atoms with Gasteiger partial charge in [-0.2, -0.15) is 0 Å². The van der Waals surface area contributed by atoms with Crippen LogP contribution in [0, 0.1) is 0 Å². The Morgan fingerprint density at radius 2 is 1.90 bits per heavy atom. The number of nitrogens with zero attached hydrogens (tertiary/aromatic N) is 1. The highest BCUT2D eigenvalue weighted by atomic mass is 16.6. The van der Waals surface area contributed by atoms with Crippen LogP contribution in [0.2, 0.25) is 0 Å². The molecule has 1 fully saturated rings. The summed E-state index contributed by atoms with van der Waals surface area (Å²) in [6, 6.07) is -0.0167. The van der Waals surface area contributed by atoms with Crippen molar-refractivity contribution in [2.45, 2.75) is 30.4 Å². The number of methoxy groups -OCH3 is 3. The van der Waals surface area contributed by atoms with E-state index in [0.717, 1.165) is 6.54 Å². The van der Waals surface area contributed by atoms with Gasteiger partial charge in [0.25, 0.3) is 0 Å². The van der Waals surface area contributed by atoms with E-state index in [2.05, 4.69) is 4.90 Å². The van der Waals surface area contributed by atoms with Gasteiger partial charge in [-0.15, -0.1) is 0 Å². The highest BCUT2D eigenvalue weighted by molar-refractivity contribution is 6.11. The van der Waals surface area contributed by atoms with Crippen molar-refractivity contribution in [3.05, 3.63) is 0 Å². The van der Waals surface area contributed by atoms with E-state index in [1.165, 1.54) is 0 Å². The third-order valence-corrected chi connectivity index (χ3v) is 3.52. The van der Waals surface area contributed by atoms with Crippen LogP contribution in [0.1, 0.15) is 0 Å². The molecule has 118 valence electrons. The Hall–Kier alpha value is -0.175. The molecule has 1 aliphatic heterocycles. The number of likely N-dealkylation sites (N-methyl/N-ethyl adjacent to an activating group) is 1. The van der Waals surface area contributed by atoms with Crippen LogP contribution in [-0.2, 0) is 23.7 Å². The van der Waals surface area contributed by atoms with Gasteiger partial charge in [-0.05, 0) is 14.1 Å². The molecule has 0 aromatic heterocycles. The van der Waals surface area contributed by atoms with Crippen molar-refractivity contribution >= 4 is 7.85 Å². The maximum absolute atomic E-state index is 5.99. The molecule has 0 radical (unpaired) electrons. The van der Waals surface area contributed by atoms with E-state index in [9.17, 15) is 0 Å². The van der Waals surface area contributed by atoms with E-state index in [-0.39, 0.29) is 30.4 Å². The quantitative estimate of drug-likeness (QED) is 0.506. The van der Waals surface area contributed by atoms with Gasteiger partial charge in [-0.3, -0.25) is 0 Å². The van der Waals surface area contributed by atoms with Crippen LogP contribution in [0.25, 0.3) is 0 Å². The van der Waals surface area contributed by atoms with Gasteiger partial charge in [0.15, 0.2) is 0 Å². The lowest BCUT2D eigenvalue weighted by atomic mass is 9.92. The Balaban J connectivity index is 2.51. The van der Waals surface area contributed by atoms with Crippen LogP contribution < -0.4 is 0 Å². The van der Waals surface area contributed by atoms with Crippen LogP contribution in [0.4, 0.5) is 0 Å². The van der Waals surface area contributed by atoms with Crippen molar-refractivity contribution in [2.75, 3.05) is 55.2 Å². The summed E-state index contributed by atoms with van der Waals surface area (Å²) in [7, 11) is 11.1. The molecular formula is C13H28BNO5. The average molecular weight is 289 g/mol. The van der Waals surface area contributed by atoms with Gasteiger partial charge in [0.05, 0.1) is 25.3 Å². The standard InChI is InChI=1S/C13H28BNO5/c1-15(2)6-9(17-4)7-19-12-11(18-5)10(8-16-3)20-13(12)14/h9-13H,6-8,14H2,1-5H3/t9-,10-,11?,12+,13-/m1/s1. The summed E-state index contributed by atoms with van der Waals surface area (Å²) in [6.45, 7) is 1.85. The lowest BCUT2D eigenvalue weighted by Gasteiger charge is -2.26. The Labute approximate surface area is 123 Å². The summed E-state index contributed by atoms with van der Waals surface area (Å²) in [5, 5.41) is 0. The summed E-state index contributed by atoms with van der Waals surface area (Å²) in [4.78, 5) is 2.08. The Bertz CT molecular complexity index is 269.